The third kappa shape index (κ3) is 3.63. The van der Waals surface area contributed by atoms with Gasteiger partial charge in [0.05, 0.1) is 6.61 Å². The first-order valence-electron chi connectivity index (χ1n) is 5.42. The molecule has 0 atom stereocenters. The van der Waals surface area contributed by atoms with Gasteiger partial charge in [-0.25, -0.2) is 5.90 Å². The first-order valence-corrected chi connectivity index (χ1v) is 5.42. The second kappa shape index (κ2) is 6.56. The molecule has 0 saturated carbocycles. The van der Waals surface area contributed by atoms with Crippen LogP contribution in [0.1, 0.15) is 25.0 Å². The summed E-state index contributed by atoms with van der Waals surface area (Å²) in [6.45, 7) is 7.92. The van der Waals surface area contributed by atoms with Crippen molar-refractivity contribution in [1.29, 1.82) is 0 Å². The number of hydrogen-bond donors (Lipinski definition) is 1. The van der Waals surface area contributed by atoms with Crippen molar-refractivity contribution in [3.63, 3.8) is 0 Å². The van der Waals surface area contributed by atoms with Gasteiger partial charge in [-0.15, -0.1) is 0 Å². The van der Waals surface area contributed by atoms with E-state index in [0.29, 0.717) is 6.61 Å². The van der Waals surface area contributed by atoms with E-state index in [4.69, 9.17) is 10.7 Å². The fraction of sp³-hybridized carbons (Fsp3) is 0.500. The number of nitrogens with zero attached hydrogens (tertiary/aromatic N) is 1. The van der Waals surface area contributed by atoms with Crippen LogP contribution in [-0.2, 0) is 18.0 Å². The van der Waals surface area contributed by atoms with E-state index in [1.807, 2.05) is 6.07 Å². The maximum absolute atomic E-state index is 5.11. The molecule has 0 aliphatic heterocycles. The highest BCUT2D eigenvalue weighted by atomic mass is 16.6. The summed E-state index contributed by atoms with van der Waals surface area (Å²) in [5.41, 5.74) is 2.47. The minimum Gasteiger partial charge on any atom is -0.300 e. The Labute approximate surface area is 91.8 Å². The van der Waals surface area contributed by atoms with Crippen molar-refractivity contribution in [3.05, 3.63) is 35.4 Å². The van der Waals surface area contributed by atoms with Crippen LogP contribution in [0, 0.1) is 0 Å². The van der Waals surface area contributed by atoms with Crippen LogP contribution in [-0.4, -0.2) is 18.0 Å². The minimum atomic E-state index is 0.484. The van der Waals surface area contributed by atoms with E-state index in [0.717, 1.165) is 19.6 Å². The minimum absolute atomic E-state index is 0.484. The van der Waals surface area contributed by atoms with E-state index < -0.39 is 0 Å². The van der Waals surface area contributed by atoms with Crippen LogP contribution in [0.3, 0.4) is 0 Å². The van der Waals surface area contributed by atoms with E-state index in [1.165, 1.54) is 11.1 Å². The van der Waals surface area contributed by atoms with Crippen LogP contribution in [0.15, 0.2) is 24.3 Å². The lowest BCUT2D eigenvalue weighted by Crippen LogP contribution is -2.23. The Morgan fingerprint density at radius 3 is 2.27 bits per heavy atom. The van der Waals surface area contributed by atoms with Crippen molar-refractivity contribution in [2.75, 3.05) is 13.1 Å². The molecule has 0 bridgehead atoms. The second-order valence-corrected chi connectivity index (χ2v) is 3.54. The molecule has 0 radical (unpaired) electrons. The summed E-state index contributed by atoms with van der Waals surface area (Å²) in [7, 11) is 0. The second-order valence-electron chi connectivity index (χ2n) is 3.54. The van der Waals surface area contributed by atoms with Gasteiger partial charge in [0.25, 0.3) is 0 Å². The van der Waals surface area contributed by atoms with Crippen LogP contribution in [0.4, 0.5) is 0 Å². The van der Waals surface area contributed by atoms with Gasteiger partial charge in [0, 0.05) is 6.54 Å². The maximum Gasteiger partial charge on any atom is 0.0933 e. The highest BCUT2D eigenvalue weighted by molar-refractivity contribution is 5.26. The summed E-state index contributed by atoms with van der Waals surface area (Å²) < 4.78 is 0. The molecule has 0 fully saturated rings. The standard InChI is InChI=1S/C12H20N2O/c1-3-14(4-2)9-11-7-5-6-8-12(11)10-15-13/h5-8H,3-4,9-10,13H2,1-2H3. The molecule has 0 aliphatic carbocycles. The van der Waals surface area contributed by atoms with Crippen molar-refractivity contribution in [3.8, 4) is 0 Å². The summed E-state index contributed by atoms with van der Waals surface area (Å²) in [4.78, 5) is 7.07. The highest BCUT2D eigenvalue weighted by Gasteiger charge is 2.05. The van der Waals surface area contributed by atoms with Gasteiger partial charge in [-0.05, 0) is 24.2 Å². The lowest BCUT2D eigenvalue weighted by molar-refractivity contribution is 0.122. The number of rotatable bonds is 6. The summed E-state index contributed by atoms with van der Waals surface area (Å²) in [6.07, 6.45) is 0. The summed E-state index contributed by atoms with van der Waals surface area (Å²) in [5.74, 6) is 5.11. The number of benzene rings is 1. The fourth-order valence-corrected chi connectivity index (χ4v) is 1.63. The molecule has 3 heteroatoms. The van der Waals surface area contributed by atoms with Gasteiger partial charge in [-0.3, -0.25) is 9.74 Å². The van der Waals surface area contributed by atoms with Crippen molar-refractivity contribution in [2.45, 2.75) is 27.0 Å². The fourth-order valence-electron chi connectivity index (χ4n) is 1.63. The molecule has 0 heterocycles. The van der Waals surface area contributed by atoms with Crippen molar-refractivity contribution in [1.82, 2.24) is 4.90 Å². The number of nitrogens with two attached hydrogens (primary N) is 1. The Balaban J connectivity index is 2.73. The van der Waals surface area contributed by atoms with Crippen molar-refractivity contribution < 1.29 is 4.84 Å². The zero-order valence-electron chi connectivity index (χ0n) is 9.57. The molecule has 0 unspecified atom stereocenters. The molecule has 15 heavy (non-hydrogen) atoms. The first-order chi connectivity index (χ1) is 7.31. The van der Waals surface area contributed by atoms with E-state index in [-0.39, 0.29) is 0 Å². The van der Waals surface area contributed by atoms with Gasteiger partial charge in [-0.1, -0.05) is 38.1 Å². The number of hydrogen-bond acceptors (Lipinski definition) is 3. The van der Waals surface area contributed by atoms with Gasteiger partial charge in [0.15, 0.2) is 0 Å². The van der Waals surface area contributed by atoms with Gasteiger partial charge in [-0.2, -0.15) is 0 Å². The van der Waals surface area contributed by atoms with Gasteiger partial charge >= 0.3 is 0 Å². The summed E-state index contributed by atoms with van der Waals surface area (Å²) in [6, 6.07) is 8.26. The predicted octanol–water partition coefficient (Wildman–Crippen LogP) is 1.92. The molecule has 1 aromatic carbocycles. The van der Waals surface area contributed by atoms with Crippen LogP contribution in [0.2, 0.25) is 0 Å². The SMILES string of the molecule is CCN(CC)Cc1ccccc1CON. The monoisotopic (exact) mass is 208 g/mol. The molecule has 1 aromatic rings. The van der Waals surface area contributed by atoms with Crippen molar-refractivity contribution >= 4 is 0 Å². The molecule has 84 valence electrons. The van der Waals surface area contributed by atoms with E-state index >= 15 is 0 Å². The topological polar surface area (TPSA) is 38.5 Å². The molecular formula is C12H20N2O. The van der Waals surface area contributed by atoms with E-state index in [1.54, 1.807) is 0 Å². The lowest BCUT2D eigenvalue weighted by atomic mass is 10.1. The molecule has 0 amide bonds. The van der Waals surface area contributed by atoms with E-state index in [2.05, 4.69) is 36.9 Å². The molecule has 1 rings (SSSR count). The lowest BCUT2D eigenvalue weighted by Gasteiger charge is -2.19. The Morgan fingerprint density at radius 2 is 1.73 bits per heavy atom. The van der Waals surface area contributed by atoms with E-state index in [9.17, 15) is 0 Å². The van der Waals surface area contributed by atoms with Crippen LogP contribution in [0.5, 0.6) is 0 Å². The molecule has 0 spiro atoms. The Hall–Kier alpha value is -0.900. The van der Waals surface area contributed by atoms with Crippen molar-refractivity contribution in [2.24, 2.45) is 5.90 Å². The summed E-state index contributed by atoms with van der Waals surface area (Å²) >= 11 is 0. The molecule has 0 aliphatic rings. The smallest absolute Gasteiger partial charge is 0.0933 e. The van der Waals surface area contributed by atoms with Gasteiger partial charge in [0.1, 0.15) is 0 Å². The van der Waals surface area contributed by atoms with Crippen LogP contribution < -0.4 is 5.90 Å². The Kier molecular flexibility index (Phi) is 5.32. The van der Waals surface area contributed by atoms with Crippen LogP contribution in [0.25, 0.3) is 0 Å². The quantitative estimate of drug-likeness (QED) is 0.726. The highest BCUT2D eigenvalue weighted by Crippen LogP contribution is 2.12. The Morgan fingerprint density at radius 1 is 1.13 bits per heavy atom. The normalized spacial score (nSPS) is 10.9. The molecular weight excluding hydrogens is 188 g/mol. The molecule has 3 nitrogen and oxygen atoms in total. The molecule has 0 saturated heterocycles. The average Bonchev–Trinajstić information content (AvgIpc) is 2.28. The third-order valence-electron chi connectivity index (χ3n) is 2.65. The first kappa shape index (κ1) is 12.2. The summed E-state index contributed by atoms with van der Waals surface area (Å²) in [5, 5.41) is 0. The third-order valence-corrected chi connectivity index (χ3v) is 2.65. The largest absolute Gasteiger partial charge is 0.300 e. The maximum atomic E-state index is 5.11. The average molecular weight is 208 g/mol. The van der Waals surface area contributed by atoms with Gasteiger partial charge < -0.3 is 0 Å². The Bertz CT molecular complexity index is 285. The molecule has 2 N–H and O–H groups in total. The predicted molar refractivity (Wildman–Crippen MR) is 62.0 cm³/mol. The van der Waals surface area contributed by atoms with Gasteiger partial charge in [0.2, 0.25) is 0 Å². The van der Waals surface area contributed by atoms with Crippen LogP contribution >= 0.6 is 0 Å². The molecule has 0 aromatic heterocycles. The zero-order valence-corrected chi connectivity index (χ0v) is 9.57. The zero-order chi connectivity index (χ0) is 11.1.